The van der Waals surface area contributed by atoms with Crippen molar-refractivity contribution in [2.45, 2.75) is 6.36 Å². The molecule has 0 fully saturated rings. The van der Waals surface area contributed by atoms with Crippen LogP contribution in [0.4, 0.5) is 13.2 Å². The van der Waals surface area contributed by atoms with Gasteiger partial charge in [0, 0.05) is 16.1 Å². The molecule has 0 bridgehead atoms. The molecule has 0 radical (unpaired) electrons. The highest BCUT2D eigenvalue weighted by atomic mass is 79.9. The van der Waals surface area contributed by atoms with Gasteiger partial charge < -0.3 is 4.74 Å². The van der Waals surface area contributed by atoms with E-state index in [1.165, 1.54) is 12.1 Å². The van der Waals surface area contributed by atoms with Gasteiger partial charge in [0.1, 0.15) is 5.75 Å². The SMILES string of the molecule is Cl.FC(F)(F)Oc1cc(Br)c2ncccc2c1. The Morgan fingerprint density at radius 2 is 1.94 bits per heavy atom. The van der Waals surface area contributed by atoms with E-state index in [4.69, 9.17) is 0 Å². The van der Waals surface area contributed by atoms with Gasteiger partial charge in [-0.15, -0.1) is 25.6 Å². The van der Waals surface area contributed by atoms with E-state index in [2.05, 4.69) is 25.7 Å². The highest BCUT2D eigenvalue weighted by Crippen LogP contribution is 2.30. The van der Waals surface area contributed by atoms with E-state index in [0.29, 0.717) is 15.4 Å². The van der Waals surface area contributed by atoms with E-state index in [0.717, 1.165) is 0 Å². The summed E-state index contributed by atoms with van der Waals surface area (Å²) in [6.45, 7) is 0. The van der Waals surface area contributed by atoms with Gasteiger partial charge in [0.25, 0.3) is 0 Å². The fourth-order valence-corrected chi connectivity index (χ4v) is 1.87. The van der Waals surface area contributed by atoms with Crippen LogP contribution >= 0.6 is 28.3 Å². The van der Waals surface area contributed by atoms with Crippen LogP contribution < -0.4 is 4.74 Å². The number of nitrogens with zero attached hydrogens (tertiary/aromatic N) is 1. The van der Waals surface area contributed by atoms with Crippen molar-refractivity contribution in [2.24, 2.45) is 0 Å². The first-order chi connectivity index (χ1) is 7.46. The molecule has 2 aromatic rings. The van der Waals surface area contributed by atoms with Crippen molar-refractivity contribution >= 4 is 39.2 Å². The number of benzene rings is 1. The van der Waals surface area contributed by atoms with Gasteiger partial charge in [0.15, 0.2) is 0 Å². The molecule has 0 unspecified atom stereocenters. The zero-order valence-corrected chi connectivity index (χ0v) is 10.6. The van der Waals surface area contributed by atoms with Crippen molar-refractivity contribution in [3.63, 3.8) is 0 Å². The summed E-state index contributed by atoms with van der Waals surface area (Å²) in [5.74, 6) is -0.264. The standard InChI is InChI=1S/C10H5BrF3NO.ClH/c11-8-5-7(16-10(12,13)14)4-6-2-1-3-15-9(6)8;/h1-5H;1H. The third-order valence-electron chi connectivity index (χ3n) is 1.87. The smallest absolute Gasteiger partial charge is 0.406 e. The number of fused-ring (bicyclic) bond motifs is 1. The summed E-state index contributed by atoms with van der Waals surface area (Å²) in [6, 6.07) is 5.84. The van der Waals surface area contributed by atoms with Crippen LogP contribution in [-0.2, 0) is 0 Å². The van der Waals surface area contributed by atoms with Crippen LogP contribution in [0.3, 0.4) is 0 Å². The number of hydrogen-bond donors (Lipinski definition) is 0. The number of hydrogen-bond acceptors (Lipinski definition) is 2. The summed E-state index contributed by atoms with van der Waals surface area (Å²) in [6.07, 6.45) is -3.12. The average molecular weight is 329 g/mol. The number of halogens is 5. The third kappa shape index (κ3) is 3.47. The van der Waals surface area contributed by atoms with Crippen molar-refractivity contribution in [3.05, 3.63) is 34.9 Å². The maximum Gasteiger partial charge on any atom is 0.573 e. The van der Waals surface area contributed by atoms with Crippen molar-refractivity contribution in [1.29, 1.82) is 0 Å². The van der Waals surface area contributed by atoms with Crippen molar-refractivity contribution < 1.29 is 17.9 Å². The molecule has 0 spiro atoms. The second kappa shape index (κ2) is 5.10. The molecule has 7 heteroatoms. The summed E-state index contributed by atoms with van der Waals surface area (Å²) in [4.78, 5) is 4.03. The van der Waals surface area contributed by atoms with Crippen molar-refractivity contribution in [3.8, 4) is 5.75 Å². The van der Waals surface area contributed by atoms with E-state index in [-0.39, 0.29) is 18.2 Å². The van der Waals surface area contributed by atoms with E-state index in [1.807, 2.05) is 0 Å². The highest BCUT2D eigenvalue weighted by molar-refractivity contribution is 9.10. The quantitative estimate of drug-likeness (QED) is 0.778. The second-order valence-corrected chi connectivity index (χ2v) is 3.88. The average Bonchev–Trinajstić information content (AvgIpc) is 2.15. The predicted molar refractivity (Wildman–Crippen MR) is 63.4 cm³/mol. The topological polar surface area (TPSA) is 22.1 Å². The lowest BCUT2D eigenvalue weighted by molar-refractivity contribution is -0.274. The van der Waals surface area contributed by atoms with Crippen molar-refractivity contribution in [2.75, 3.05) is 0 Å². The molecule has 0 saturated heterocycles. The summed E-state index contributed by atoms with van der Waals surface area (Å²) in [5, 5.41) is 0.580. The Hall–Kier alpha value is -1.01. The first-order valence-corrected chi connectivity index (χ1v) is 5.05. The molecule has 1 heterocycles. The Bertz CT molecular complexity index is 532. The number of pyridine rings is 1. The van der Waals surface area contributed by atoms with Crippen LogP contribution in [0, 0.1) is 0 Å². The van der Waals surface area contributed by atoms with Crippen LogP contribution in [0.15, 0.2) is 34.9 Å². The predicted octanol–water partition coefficient (Wildman–Crippen LogP) is 4.32. The van der Waals surface area contributed by atoms with Gasteiger partial charge >= 0.3 is 6.36 Å². The number of aromatic nitrogens is 1. The molecule has 0 atom stereocenters. The van der Waals surface area contributed by atoms with Crippen LogP contribution in [0.25, 0.3) is 10.9 Å². The molecule has 1 aromatic carbocycles. The van der Waals surface area contributed by atoms with Gasteiger partial charge in [0.2, 0.25) is 0 Å². The molecule has 0 saturated carbocycles. The summed E-state index contributed by atoms with van der Waals surface area (Å²) < 4.78 is 40.4. The zero-order chi connectivity index (χ0) is 11.8. The summed E-state index contributed by atoms with van der Waals surface area (Å²) in [7, 11) is 0. The molecule has 2 nitrogen and oxygen atoms in total. The van der Waals surface area contributed by atoms with Crippen molar-refractivity contribution in [1.82, 2.24) is 4.98 Å². The molecule has 92 valence electrons. The minimum Gasteiger partial charge on any atom is -0.406 e. The maximum absolute atomic E-state index is 12.0. The first kappa shape index (κ1) is 14.1. The van der Waals surface area contributed by atoms with Crippen LogP contribution in [0.5, 0.6) is 5.75 Å². The van der Waals surface area contributed by atoms with Gasteiger partial charge in [-0.1, -0.05) is 6.07 Å². The van der Waals surface area contributed by atoms with Gasteiger partial charge in [-0.2, -0.15) is 0 Å². The van der Waals surface area contributed by atoms with E-state index in [1.54, 1.807) is 18.3 Å². The Morgan fingerprint density at radius 1 is 1.24 bits per heavy atom. The molecule has 2 rings (SSSR count). The lowest BCUT2D eigenvalue weighted by atomic mass is 10.2. The monoisotopic (exact) mass is 327 g/mol. The van der Waals surface area contributed by atoms with Gasteiger partial charge in [-0.3, -0.25) is 4.98 Å². The van der Waals surface area contributed by atoms with Gasteiger partial charge in [0.05, 0.1) is 5.52 Å². The van der Waals surface area contributed by atoms with Crippen LogP contribution in [-0.4, -0.2) is 11.3 Å². The lowest BCUT2D eigenvalue weighted by Crippen LogP contribution is -2.17. The molecule has 0 N–H and O–H groups in total. The Balaban J connectivity index is 0.00000144. The molecule has 1 aromatic heterocycles. The molecule has 17 heavy (non-hydrogen) atoms. The maximum atomic E-state index is 12.0. The third-order valence-corrected chi connectivity index (χ3v) is 2.47. The minimum atomic E-state index is -4.69. The zero-order valence-electron chi connectivity index (χ0n) is 8.16. The summed E-state index contributed by atoms with van der Waals surface area (Å²) >= 11 is 3.15. The molecule has 0 aliphatic carbocycles. The largest absolute Gasteiger partial charge is 0.573 e. The van der Waals surface area contributed by atoms with Gasteiger partial charge in [-0.25, -0.2) is 0 Å². The number of rotatable bonds is 1. The molecule has 0 amide bonds. The van der Waals surface area contributed by atoms with Gasteiger partial charge in [-0.05, 0) is 34.1 Å². The lowest BCUT2D eigenvalue weighted by Gasteiger charge is -2.10. The fourth-order valence-electron chi connectivity index (χ4n) is 1.31. The Morgan fingerprint density at radius 3 is 2.59 bits per heavy atom. The summed E-state index contributed by atoms with van der Waals surface area (Å²) in [5.41, 5.74) is 0.594. The second-order valence-electron chi connectivity index (χ2n) is 3.03. The van der Waals surface area contributed by atoms with Crippen LogP contribution in [0.2, 0.25) is 0 Å². The number of alkyl halides is 3. The minimum absolute atomic E-state index is 0. The number of ether oxygens (including phenoxy) is 1. The first-order valence-electron chi connectivity index (χ1n) is 4.26. The van der Waals surface area contributed by atoms with E-state index < -0.39 is 6.36 Å². The Labute approximate surface area is 109 Å². The molecule has 0 aliphatic heterocycles. The van der Waals surface area contributed by atoms with E-state index in [9.17, 15) is 13.2 Å². The molecular formula is C10H6BrClF3NO. The normalized spacial score (nSPS) is 11.1. The Kier molecular flexibility index (Phi) is 4.21. The highest BCUT2D eigenvalue weighted by Gasteiger charge is 2.31. The molecular weight excluding hydrogens is 322 g/mol. The fraction of sp³-hybridized carbons (Fsp3) is 0.100. The molecule has 0 aliphatic rings. The van der Waals surface area contributed by atoms with E-state index >= 15 is 0 Å². The van der Waals surface area contributed by atoms with Crippen LogP contribution in [0.1, 0.15) is 0 Å².